The van der Waals surface area contributed by atoms with Gasteiger partial charge in [0.1, 0.15) is 65.2 Å². The average Bonchev–Trinajstić information content (AvgIpc) is 3.27. The molecule has 2 aliphatic rings. The molecule has 2 aliphatic heterocycles. The highest BCUT2D eigenvalue weighted by molar-refractivity contribution is 5.88. The highest BCUT2D eigenvalue weighted by Gasteiger charge is 2.48. The third-order valence-electron chi connectivity index (χ3n) is 7.45. The predicted octanol–water partition coefficient (Wildman–Crippen LogP) is -1.74. The van der Waals surface area contributed by atoms with Gasteiger partial charge in [-0.3, -0.25) is 4.79 Å². The monoisotopic (exact) mass is 624 g/mol. The summed E-state index contributed by atoms with van der Waals surface area (Å²) < 4.78 is 33.6. The lowest BCUT2D eigenvalue weighted by Crippen LogP contribution is -2.58. The van der Waals surface area contributed by atoms with Crippen molar-refractivity contribution in [2.24, 2.45) is 0 Å². The van der Waals surface area contributed by atoms with Crippen LogP contribution >= 0.6 is 0 Å². The largest absolute Gasteiger partial charge is 0.508 e. The van der Waals surface area contributed by atoms with Crippen molar-refractivity contribution in [3.8, 4) is 40.1 Å². The molecule has 240 valence electrons. The second kappa shape index (κ2) is 12.4. The van der Waals surface area contributed by atoms with Crippen LogP contribution in [0.25, 0.3) is 22.3 Å². The van der Waals surface area contributed by atoms with Gasteiger partial charge < -0.3 is 74.1 Å². The van der Waals surface area contributed by atoms with E-state index in [-0.39, 0.29) is 28.4 Å². The van der Waals surface area contributed by atoms with Crippen molar-refractivity contribution in [1.82, 2.24) is 0 Å². The van der Waals surface area contributed by atoms with E-state index in [9.17, 15) is 50.8 Å². The van der Waals surface area contributed by atoms with Crippen LogP contribution in [0.15, 0.2) is 39.5 Å². The number of aliphatic hydroxyl groups excluding tert-OH is 7. The van der Waals surface area contributed by atoms with Crippen molar-refractivity contribution >= 4 is 11.0 Å². The van der Waals surface area contributed by atoms with Crippen LogP contribution in [0.2, 0.25) is 0 Å². The minimum absolute atomic E-state index is 0.00971. The van der Waals surface area contributed by atoms with Crippen LogP contribution in [-0.2, 0) is 9.47 Å². The molecule has 44 heavy (non-hydrogen) atoms. The Morgan fingerprint density at radius 3 is 2.23 bits per heavy atom. The van der Waals surface area contributed by atoms with E-state index >= 15 is 0 Å². The Morgan fingerprint density at radius 1 is 0.864 bits per heavy atom. The molecule has 2 saturated heterocycles. The number of phenols is 2. The summed E-state index contributed by atoms with van der Waals surface area (Å²) in [5, 5.41) is 90.5. The molecule has 0 unspecified atom stereocenters. The first kappa shape index (κ1) is 31.7. The van der Waals surface area contributed by atoms with Crippen molar-refractivity contribution in [3.63, 3.8) is 0 Å². The SMILES string of the molecule is COc1cc(-c2oc3cc(O)cc(O)c3c(=O)c2O[C@@H]2O[C@H]([C@@H](O)CO)[C@H](O)[C@H]2O)ccc1O[C@H]1O[C@H](C)[C@@H](O)[C@H](O)[C@@H]1O. The quantitative estimate of drug-likeness (QED) is 0.135. The topological polar surface area (TPSA) is 258 Å². The van der Waals surface area contributed by atoms with Crippen LogP contribution in [-0.4, -0.2) is 121 Å². The van der Waals surface area contributed by atoms with Crippen LogP contribution in [0, 0.1) is 0 Å². The van der Waals surface area contributed by atoms with E-state index in [2.05, 4.69) is 0 Å². The van der Waals surface area contributed by atoms with Gasteiger partial charge in [-0.25, -0.2) is 0 Å². The zero-order valence-corrected chi connectivity index (χ0v) is 23.3. The molecule has 16 nitrogen and oxygen atoms in total. The molecular formula is C28H32O16. The summed E-state index contributed by atoms with van der Waals surface area (Å²) in [6.07, 6.45) is -15.1. The molecule has 2 aromatic carbocycles. The lowest BCUT2D eigenvalue weighted by molar-refractivity contribution is -0.268. The van der Waals surface area contributed by atoms with Gasteiger partial charge in [-0.05, 0) is 25.1 Å². The van der Waals surface area contributed by atoms with Gasteiger partial charge in [0.2, 0.25) is 23.8 Å². The molecule has 2 fully saturated rings. The number of ether oxygens (including phenoxy) is 5. The highest BCUT2D eigenvalue weighted by atomic mass is 16.7. The third-order valence-corrected chi connectivity index (χ3v) is 7.45. The second-order valence-corrected chi connectivity index (χ2v) is 10.4. The Bertz CT molecular complexity index is 1560. The Morgan fingerprint density at radius 2 is 1.55 bits per heavy atom. The molecule has 1 aromatic heterocycles. The predicted molar refractivity (Wildman–Crippen MR) is 145 cm³/mol. The van der Waals surface area contributed by atoms with Crippen molar-refractivity contribution < 1.29 is 74.1 Å². The fourth-order valence-corrected chi connectivity index (χ4v) is 5.01. The van der Waals surface area contributed by atoms with Crippen molar-refractivity contribution in [2.45, 2.75) is 68.3 Å². The summed E-state index contributed by atoms with van der Waals surface area (Å²) in [5.74, 6) is -1.98. The summed E-state index contributed by atoms with van der Waals surface area (Å²) in [7, 11) is 1.28. The second-order valence-electron chi connectivity index (χ2n) is 10.4. The number of fused-ring (bicyclic) bond motifs is 1. The lowest BCUT2D eigenvalue weighted by Gasteiger charge is -2.39. The number of methoxy groups -OCH3 is 1. The molecule has 0 amide bonds. The first-order valence-corrected chi connectivity index (χ1v) is 13.4. The van der Waals surface area contributed by atoms with Gasteiger partial charge in [-0.15, -0.1) is 0 Å². The molecule has 3 heterocycles. The maximum absolute atomic E-state index is 13.7. The van der Waals surface area contributed by atoms with Crippen molar-refractivity contribution in [3.05, 3.63) is 40.6 Å². The first-order valence-electron chi connectivity index (χ1n) is 13.4. The minimum atomic E-state index is -1.79. The molecule has 5 rings (SSSR count). The Labute approximate surface area is 248 Å². The fraction of sp³-hybridized carbons (Fsp3) is 0.464. The highest BCUT2D eigenvalue weighted by Crippen LogP contribution is 2.41. The van der Waals surface area contributed by atoms with Crippen LogP contribution < -0.4 is 19.6 Å². The van der Waals surface area contributed by atoms with Crippen LogP contribution in [0.4, 0.5) is 0 Å². The third kappa shape index (κ3) is 5.63. The number of hydrogen-bond acceptors (Lipinski definition) is 16. The number of aliphatic hydroxyl groups is 7. The number of aromatic hydroxyl groups is 2. The summed E-state index contributed by atoms with van der Waals surface area (Å²) >= 11 is 0. The molecule has 10 atom stereocenters. The van der Waals surface area contributed by atoms with Gasteiger partial charge >= 0.3 is 0 Å². The Kier molecular flexibility index (Phi) is 8.90. The standard InChI is InChI=1S/C28H32O16/c1-9-18(33)20(35)22(37)27(40-9)42-14-4-3-10(5-15(14)39-2)24-26(19(34)17-12(31)6-11(30)7-16(17)41-24)44-28-23(38)21(36)25(43-28)13(32)8-29/h3-7,9,13,18,20-23,25,27-33,35-38H,8H2,1-2H3/t9-,13+,18-,20+,21-,22+,23-,25-,27-,28+/m1/s1. The average molecular weight is 625 g/mol. The van der Waals surface area contributed by atoms with Gasteiger partial charge in [0.15, 0.2) is 17.3 Å². The molecule has 0 aliphatic carbocycles. The molecule has 3 aromatic rings. The van der Waals surface area contributed by atoms with E-state index in [1.807, 2.05) is 0 Å². The molecule has 9 N–H and O–H groups in total. The lowest BCUT2D eigenvalue weighted by atomic mass is 10.00. The number of benzene rings is 2. The summed E-state index contributed by atoms with van der Waals surface area (Å²) in [6, 6.07) is 6.02. The van der Waals surface area contributed by atoms with E-state index in [0.717, 1.165) is 12.1 Å². The number of rotatable bonds is 8. The van der Waals surface area contributed by atoms with Gasteiger partial charge in [0.05, 0.1) is 19.8 Å². The zero-order chi connectivity index (χ0) is 32.0. The van der Waals surface area contributed by atoms with E-state index in [4.69, 9.17) is 28.1 Å². The Balaban J connectivity index is 1.57. The normalized spacial score (nSPS) is 31.2. The number of phenolic OH excluding ortho intramolecular Hbond substituents is 2. The van der Waals surface area contributed by atoms with E-state index < -0.39 is 96.1 Å². The van der Waals surface area contributed by atoms with Crippen LogP contribution in [0.3, 0.4) is 0 Å². The molecule has 0 radical (unpaired) electrons. The van der Waals surface area contributed by atoms with Gasteiger partial charge in [0.25, 0.3) is 0 Å². The maximum atomic E-state index is 13.7. The zero-order valence-electron chi connectivity index (χ0n) is 23.3. The van der Waals surface area contributed by atoms with Crippen molar-refractivity contribution in [1.29, 1.82) is 0 Å². The van der Waals surface area contributed by atoms with Crippen molar-refractivity contribution in [2.75, 3.05) is 13.7 Å². The Hall–Kier alpha value is -3.71. The molecular weight excluding hydrogens is 592 g/mol. The summed E-state index contributed by atoms with van der Waals surface area (Å²) in [4.78, 5) is 13.7. The van der Waals surface area contributed by atoms with E-state index in [1.165, 1.54) is 32.2 Å². The summed E-state index contributed by atoms with van der Waals surface area (Å²) in [6.45, 7) is 0.670. The molecule has 0 saturated carbocycles. The maximum Gasteiger partial charge on any atom is 0.239 e. The number of hydrogen-bond donors (Lipinski definition) is 9. The molecule has 16 heteroatoms. The summed E-state index contributed by atoms with van der Waals surface area (Å²) in [5.41, 5.74) is -1.12. The van der Waals surface area contributed by atoms with E-state index in [0.29, 0.717) is 0 Å². The van der Waals surface area contributed by atoms with Gasteiger partial charge in [-0.1, -0.05) is 0 Å². The minimum Gasteiger partial charge on any atom is -0.508 e. The van der Waals surface area contributed by atoms with Crippen LogP contribution in [0.5, 0.6) is 28.7 Å². The van der Waals surface area contributed by atoms with Crippen LogP contribution in [0.1, 0.15) is 6.92 Å². The fourth-order valence-electron chi connectivity index (χ4n) is 5.01. The van der Waals surface area contributed by atoms with Gasteiger partial charge in [-0.2, -0.15) is 0 Å². The van der Waals surface area contributed by atoms with E-state index in [1.54, 1.807) is 0 Å². The smallest absolute Gasteiger partial charge is 0.239 e. The molecule has 0 bridgehead atoms. The van der Waals surface area contributed by atoms with Gasteiger partial charge in [0, 0.05) is 17.7 Å². The molecule has 0 spiro atoms. The first-order chi connectivity index (χ1) is 20.9.